The zero-order chi connectivity index (χ0) is 14.7. The number of halogens is 2. The van der Waals surface area contributed by atoms with E-state index in [9.17, 15) is 0 Å². The highest BCUT2D eigenvalue weighted by Crippen LogP contribution is 2.39. The third kappa shape index (κ3) is 2.96. The van der Waals surface area contributed by atoms with Gasteiger partial charge in [0.1, 0.15) is 17.8 Å². The van der Waals surface area contributed by atoms with Gasteiger partial charge in [0.25, 0.3) is 0 Å². The summed E-state index contributed by atoms with van der Waals surface area (Å²) in [6.07, 6.45) is 1.32. The molecule has 106 valence electrons. The highest BCUT2D eigenvalue weighted by molar-refractivity contribution is 9.11. The molecule has 2 N–H and O–H groups in total. The number of hydrogen-bond acceptors (Lipinski definition) is 6. The third-order valence-corrected chi connectivity index (χ3v) is 3.66. The first-order chi connectivity index (χ1) is 9.56. The lowest BCUT2D eigenvalue weighted by Crippen LogP contribution is -2.00. The lowest BCUT2D eigenvalue weighted by Gasteiger charge is -2.12. The van der Waals surface area contributed by atoms with Gasteiger partial charge in [-0.15, -0.1) is 0 Å². The van der Waals surface area contributed by atoms with Crippen molar-refractivity contribution in [1.82, 2.24) is 9.97 Å². The summed E-state index contributed by atoms with van der Waals surface area (Å²) in [4.78, 5) is 7.88. The Morgan fingerprint density at radius 1 is 0.950 bits per heavy atom. The van der Waals surface area contributed by atoms with E-state index in [4.69, 9.17) is 19.9 Å². The van der Waals surface area contributed by atoms with E-state index >= 15 is 0 Å². The predicted molar refractivity (Wildman–Crippen MR) is 81.5 cm³/mol. The molecule has 0 bridgehead atoms. The maximum Gasteiger partial charge on any atom is 0.249 e. The van der Waals surface area contributed by atoms with E-state index in [0.29, 0.717) is 16.0 Å². The van der Waals surface area contributed by atoms with Crippen molar-refractivity contribution in [3.63, 3.8) is 0 Å². The van der Waals surface area contributed by atoms with Crippen LogP contribution < -0.4 is 19.9 Å². The average Bonchev–Trinajstić information content (AvgIpc) is 2.44. The SMILES string of the molecule is COc1cc(Br)c(Oc2ncnc(OC)c2N)cc1Br. The van der Waals surface area contributed by atoms with Crippen molar-refractivity contribution in [2.24, 2.45) is 0 Å². The number of rotatable bonds is 4. The van der Waals surface area contributed by atoms with Crippen molar-refractivity contribution in [1.29, 1.82) is 0 Å². The van der Waals surface area contributed by atoms with Gasteiger partial charge in [0.2, 0.25) is 11.8 Å². The van der Waals surface area contributed by atoms with Gasteiger partial charge in [0.15, 0.2) is 5.69 Å². The average molecular weight is 405 g/mol. The summed E-state index contributed by atoms with van der Waals surface area (Å²) >= 11 is 6.79. The Hall–Kier alpha value is -1.54. The van der Waals surface area contributed by atoms with E-state index in [0.717, 1.165) is 4.47 Å². The van der Waals surface area contributed by atoms with Crippen LogP contribution in [0.2, 0.25) is 0 Å². The molecule has 0 unspecified atom stereocenters. The Kier molecular flexibility index (Phi) is 4.66. The second-order valence-electron chi connectivity index (χ2n) is 3.62. The fourth-order valence-electron chi connectivity index (χ4n) is 1.46. The van der Waals surface area contributed by atoms with Crippen LogP contribution in [0.3, 0.4) is 0 Å². The molecule has 0 aliphatic rings. The Labute approximate surface area is 132 Å². The molecule has 1 aromatic heterocycles. The molecular formula is C12H11Br2N3O3. The fourth-order valence-corrected chi connectivity index (χ4v) is 2.34. The minimum Gasteiger partial charge on any atom is -0.496 e. The first-order valence-corrected chi connectivity index (χ1v) is 7.00. The third-order valence-electron chi connectivity index (χ3n) is 2.42. The van der Waals surface area contributed by atoms with Gasteiger partial charge in [-0.25, -0.2) is 0 Å². The molecule has 8 heteroatoms. The number of nitrogens with two attached hydrogens (primary N) is 1. The minimum absolute atomic E-state index is 0.217. The molecule has 1 heterocycles. The maximum atomic E-state index is 5.86. The first-order valence-electron chi connectivity index (χ1n) is 5.42. The monoisotopic (exact) mass is 403 g/mol. The van der Waals surface area contributed by atoms with Crippen LogP contribution in [0.15, 0.2) is 27.4 Å². The molecule has 2 aromatic rings. The number of methoxy groups -OCH3 is 2. The largest absolute Gasteiger partial charge is 0.496 e. The maximum absolute atomic E-state index is 5.86. The van der Waals surface area contributed by atoms with Crippen LogP contribution in [0.4, 0.5) is 5.69 Å². The molecule has 0 amide bonds. The van der Waals surface area contributed by atoms with Gasteiger partial charge in [0.05, 0.1) is 23.2 Å². The van der Waals surface area contributed by atoms with Crippen molar-refractivity contribution in [2.75, 3.05) is 20.0 Å². The molecule has 0 radical (unpaired) electrons. The summed E-state index contributed by atoms with van der Waals surface area (Å²) in [5.41, 5.74) is 6.09. The van der Waals surface area contributed by atoms with Crippen molar-refractivity contribution in [3.8, 4) is 23.3 Å². The lowest BCUT2D eigenvalue weighted by atomic mass is 10.3. The van der Waals surface area contributed by atoms with E-state index in [-0.39, 0.29) is 17.4 Å². The van der Waals surface area contributed by atoms with Gasteiger partial charge >= 0.3 is 0 Å². The summed E-state index contributed by atoms with van der Waals surface area (Å²) in [5, 5.41) is 0. The van der Waals surface area contributed by atoms with Gasteiger partial charge < -0.3 is 19.9 Å². The van der Waals surface area contributed by atoms with E-state index in [2.05, 4.69) is 41.8 Å². The number of nitrogens with zero attached hydrogens (tertiary/aromatic N) is 2. The van der Waals surface area contributed by atoms with Crippen molar-refractivity contribution < 1.29 is 14.2 Å². The van der Waals surface area contributed by atoms with Gasteiger partial charge in [-0.2, -0.15) is 9.97 Å². The van der Waals surface area contributed by atoms with Crippen LogP contribution >= 0.6 is 31.9 Å². The summed E-state index contributed by atoms with van der Waals surface area (Å²) in [6, 6.07) is 3.52. The Balaban J connectivity index is 2.38. The summed E-state index contributed by atoms with van der Waals surface area (Å²) in [7, 11) is 3.06. The molecule has 0 spiro atoms. The zero-order valence-electron chi connectivity index (χ0n) is 10.7. The number of nitrogen functional groups attached to an aromatic ring is 1. The zero-order valence-corrected chi connectivity index (χ0v) is 13.9. The molecule has 2 rings (SSSR count). The standard InChI is InChI=1S/C12H11Br2N3O3/c1-18-8-3-7(14)9(4-6(8)13)20-12-10(15)11(19-2)16-5-17-12/h3-5H,15H2,1-2H3. The van der Waals surface area contributed by atoms with E-state index in [1.54, 1.807) is 19.2 Å². The molecule has 0 saturated heterocycles. The molecule has 0 fully saturated rings. The molecule has 0 aliphatic carbocycles. The smallest absolute Gasteiger partial charge is 0.249 e. The number of anilines is 1. The Morgan fingerprint density at radius 3 is 2.20 bits per heavy atom. The molecule has 6 nitrogen and oxygen atoms in total. The van der Waals surface area contributed by atoms with Gasteiger partial charge in [0, 0.05) is 0 Å². The second-order valence-corrected chi connectivity index (χ2v) is 5.33. The van der Waals surface area contributed by atoms with Crippen molar-refractivity contribution >= 4 is 37.5 Å². The van der Waals surface area contributed by atoms with Gasteiger partial charge in [-0.1, -0.05) is 0 Å². The number of aromatic nitrogens is 2. The van der Waals surface area contributed by atoms with E-state index in [1.165, 1.54) is 13.4 Å². The normalized spacial score (nSPS) is 10.2. The minimum atomic E-state index is 0.217. The lowest BCUT2D eigenvalue weighted by molar-refractivity contribution is 0.390. The number of hydrogen-bond donors (Lipinski definition) is 1. The van der Waals surface area contributed by atoms with Crippen LogP contribution in [0.25, 0.3) is 0 Å². The highest BCUT2D eigenvalue weighted by Gasteiger charge is 2.14. The molecule has 0 aliphatic heterocycles. The topological polar surface area (TPSA) is 79.5 Å². The fraction of sp³-hybridized carbons (Fsp3) is 0.167. The Bertz CT molecular complexity index is 638. The van der Waals surface area contributed by atoms with Gasteiger partial charge in [-0.05, 0) is 44.0 Å². The van der Waals surface area contributed by atoms with Crippen LogP contribution in [-0.2, 0) is 0 Å². The molecular weight excluding hydrogens is 394 g/mol. The second kappa shape index (κ2) is 6.27. The summed E-state index contributed by atoms with van der Waals surface area (Å²) in [6.45, 7) is 0. The van der Waals surface area contributed by atoms with Crippen molar-refractivity contribution in [2.45, 2.75) is 0 Å². The van der Waals surface area contributed by atoms with Crippen LogP contribution in [0.5, 0.6) is 23.3 Å². The van der Waals surface area contributed by atoms with E-state index in [1.807, 2.05) is 0 Å². The van der Waals surface area contributed by atoms with Crippen LogP contribution in [-0.4, -0.2) is 24.2 Å². The van der Waals surface area contributed by atoms with Crippen molar-refractivity contribution in [3.05, 3.63) is 27.4 Å². The molecule has 1 aromatic carbocycles. The van der Waals surface area contributed by atoms with Crippen LogP contribution in [0, 0.1) is 0 Å². The Morgan fingerprint density at radius 2 is 1.55 bits per heavy atom. The number of ether oxygens (including phenoxy) is 3. The first kappa shape index (κ1) is 14.9. The molecule has 0 saturated carbocycles. The quantitative estimate of drug-likeness (QED) is 0.841. The highest BCUT2D eigenvalue weighted by atomic mass is 79.9. The summed E-state index contributed by atoms with van der Waals surface area (Å²) < 4.78 is 17.3. The van der Waals surface area contributed by atoms with E-state index < -0.39 is 0 Å². The molecule has 0 atom stereocenters. The number of benzene rings is 1. The molecule has 20 heavy (non-hydrogen) atoms. The van der Waals surface area contributed by atoms with Crippen LogP contribution in [0.1, 0.15) is 0 Å². The summed E-state index contributed by atoms with van der Waals surface area (Å²) in [5.74, 6) is 1.69. The van der Waals surface area contributed by atoms with Gasteiger partial charge in [-0.3, -0.25) is 0 Å². The predicted octanol–water partition coefficient (Wildman–Crippen LogP) is 3.39.